The van der Waals surface area contributed by atoms with E-state index < -0.39 is 17.7 Å². The Bertz CT molecular complexity index is 532. The third kappa shape index (κ3) is 3.62. The van der Waals surface area contributed by atoms with Gasteiger partial charge in [-0.25, -0.2) is 9.69 Å². The predicted molar refractivity (Wildman–Crippen MR) is 80.3 cm³/mol. The molecule has 2 N–H and O–H groups in total. The number of carbonyl (C=O) groups is 3. The van der Waals surface area contributed by atoms with Gasteiger partial charge in [0.05, 0.1) is 0 Å². The Morgan fingerprint density at radius 1 is 1.36 bits per heavy atom. The van der Waals surface area contributed by atoms with Crippen molar-refractivity contribution in [3.8, 4) is 0 Å². The average Bonchev–Trinajstić information content (AvgIpc) is 2.78. The van der Waals surface area contributed by atoms with E-state index in [9.17, 15) is 14.4 Å². The number of allylic oxidation sites excluding steroid dienone is 3. The van der Waals surface area contributed by atoms with Crippen molar-refractivity contribution in [2.75, 3.05) is 0 Å². The lowest BCUT2D eigenvalue weighted by Crippen LogP contribution is -2.50. The maximum Gasteiger partial charge on any atom is 0.328 e. The van der Waals surface area contributed by atoms with Crippen LogP contribution >= 0.6 is 0 Å². The third-order valence-electron chi connectivity index (χ3n) is 3.84. The molecule has 22 heavy (non-hydrogen) atoms. The Hall–Kier alpha value is -1.95. The van der Waals surface area contributed by atoms with Crippen molar-refractivity contribution in [3.63, 3.8) is 0 Å². The number of imide groups is 1. The summed E-state index contributed by atoms with van der Waals surface area (Å²) < 4.78 is 5.25. The molecule has 6 nitrogen and oxygen atoms in total. The molecule has 2 atom stereocenters. The maximum atomic E-state index is 12.3. The highest BCUT2D eigenvalue weighted by molar-refractivity contribution is 6.02. The monoisotopic (exact) mass is 306 g/mol. The van der Waals surface area contributed by atoms with E-state index in [0.717, 1.165) is 23.3 Å². The summed E-state index contributed by atoms with van der Waals surface area (Å²) in [5.41, 5.74) is 5.86. The number of nitrogens with zero attached hydrogens (tertiary/aromatic N) is 1. The first-order valence-electron chi connectivity index (χ1n) is 7.52. The molecule has 1 aliphatic heterocycles. The highest BCUT2D eigenvalue weighted by Crippen LogP contribution is 2.22. The van der Waals surface area contributed by atoms with Crippen molar-refractivity contribution < 1.29 is 19.1 Å². The third-order valence-corrected chi connectivity index (χ3v) is 3.84. The van der Waals surface area contributed by atoms with Crippen LogP contribution in [0.2, 0.25) is 0 Å². The molecule has 0 bridgehead atoms. The number of rotatable bonds is 5. The van der Waals surface area contributed by atoms with Crippen molar-refractivity contribution in [1.82, 2.24) is 4.90 Å². The second kappa shape index (κ2) is 6.44. The second-order valence-electron chi connectivity index (χ2n) is 6.02. The summed E-state index contributed by atoms with van der Waals surface area (Å²) >= 11 is 0. The number of nitrogens with two attached hydrogens (primary N) is 1. The smallest absolute Gasteiger partial charge is 0.328 e. The summed E-state index contributed by atoms with van der Waals surface area (Å²) in [5.74, 6) is -1.25. The summed E-state index contributed by atoms with van der Waals surface area (Å²) in [7, 11) is 0. The van der Waals surface area contributed by atoms with Gasteiger partial charge in [0.15, 0.2) is 6.23 Å². The van der Waals surface area contributed by atoms with Crippen LogP contribution < -0.4 is 5.73 Å². The van der Waals surface area contributed by atoms with Gasteiger partial charge in [-0.15, -0.1) is 0 Å². The molecule has 1 aliphatic carbocycles. The minimum atomic E-state index is -1.20. The molecular weight excluding hydrogens is 284 g/mol. The number of likely N-dealkylation sites (tertiary alicyclic amines) is 1. The highest BCUT2D eigenvalue weighted by atomic mass is 16.6. The lowest BCUT2D eigenvalue weighted by atomic mass is 9.91. The largest absolute Gasteiger partial charge is 0.440 e. The Labute approximate surface area is 130 Å². The number of amides is 2. The first-order valence-corrected chi connectivity index (χ1v) is 7.52. The van der Waals surface area contributed by atoms with Crippen LogP contribution in [-0.2, 0) is 19.1 Å². The summed E-state index contributed by atoms with van der Waals surface area (Å²) in [4.78, 5) is 36.5. The molecular formula is C16H22N2O4. The Morgan fingerprint density at radius 2 is 2.00 bits per heavy atom. The number of hydrogen-bond donors (Lipinski definition) is 1. The van der Waals surface area contributed by atoms with Crippen molar-refractivity contribution >= 4 is 17.8 Å². The van der Waals surface area contributed by atoms with Crippen LogP contribution in [0.3, 0.4) is 0 Å². The van der Waals surface area contributed by atoms with E-state index in [1.807, 2.05) is 12.2 Å². The fourth-order valence-corrected chi connectivity index (χ4v) is 2.64. The van der Waals surface area contributed by atoms with Gasteiger partial charge in [0.2, 0.25) is 11.8 Å². The van der Waals surface area contributed by atoms with Gasteiger partial charge in [-0.3, -0.25) is 9.59 Å². The van der Waals surface area contributed by atoms with Gasteiger partial charge in [-0.05, 0) is 32.3 Å². The van der Waals surface area contributed by atoms with E-state index in [-0.39, 0.29) is 24.7 Å². The van der Waals surface area contributed by atoms with Gasteiger partial charge in [-0.1, -0.05) is 18.2 Å². The molecule has 0 aromatic carbocycles. The van der Waals surface area contributed by atoms with Gasteiger partial charge in [0.25, 0.3) is 0 Å². The number of esters is 1. The zero-order chi connectivity index (χ0) is 16.3. The molecule has 0 aromatic rings. The maximum absolute atomic E-state index is 12.3. The van der Waals surface area contributed by atoms with E-state index in [1.165, 1.54) is 6.92 Å². The van der Waals surface area contributed by atoms with Gasteiger partial charge in [0.1, 0.15) is 5.54 Å². The molecule has 0 saturated carbocycles. The predicted octanol–water partition coefficient (Wildman–Crippen LogP) is 1.41. The molecule has 1 unspecified atom stereocenters. The fourth-order valence-electron chi connectivity index (χ4n) is 2.64. The summed E-state index contributed by atoms with van der Waals surface area (Å²) in [6.07, 6.45) is 7.74. The van der Waals surface area contributed by atoms with Crippen LogP contribution in [0.4, 0.5) is 0 Å². The molecule has 1 saturated heterocycles. The summed E-state index contributed by atoms with van der Waals surface area (Å²) in [5, 5.41) is 0. The van der Waals surface area contributed by atoms with E-state index in [2.05, 4.69) is 6.08 Å². The van der Waals surface area contributed by atoms with Crippen molar-refractivity contribution in [1.29, 1.82) is 0 Å². The lowest BCUT2D eigenvalue weighted by molar-refractivity contribution is -0.169. The molecule has 2 rings (SSSR count). The molecule has 0 radical (unpaired) electrons. The number of carbonyl (C=O) groups excluding carboxylic acids is 3. The first-order chi connectivity index (χ1) is 10.3. The number of ether oxygens (including phenoxy) is 1. The van der Waals surface area contributed by atoms with Crippen molar-refractivity contribution in [2.45, 2.75) is 57.7 Å². The quantitative estimate of drug-likeness (QED) is 0.612. The van der Waals surface area contributed by atoms with Crippen LogP contribution in [0.5, 0.6) is 0 Å². The van der Waals surface area contributed by atoms with Crippen LogP contribution in [0, 0.1) is 0 Å². The van der Waals surface area contributed by atoms with Crippen LogP contribution in [0.25, 0.3) is 0 Å². The minimum absolute atomic E-state index is 0.165. The topological polar surface area (TPSA) is 89.7 Å². The number of hydrogen-bond acceptors (Lipinski definition) is 5. The molecule has 6 heteroatoms. The molecule has 1 heterocycles. The molecule has 2 amide bonds. The van der Waals surface area contributed by atoms with Crippen LogP contribution in [-0.4, -0.2) is 34.5 Å². The van der Waals surface area contributed by atoms with Gasteiger partial charge < -0.3 is 10.5 Å². The van der Waals surface area contributed by atoms with Crippen molar-refractivity contribution in [2.24, 2.45) is 5.73 Å². The Balaban J connectivity index is 1.97. The van der Waals surface area contributed by atoms with Gasteiger partial charge in [-0.2, -0.15) is 0 Å². The summed E-state index contributed by atoms with van der Waals surface area (Å²) in [6.45, 7) is 3.11. The fraction of sp³-hybridized carbons (Fsp3) is 0.562. The normalized spacial score (nSPS) is 22.3. The van der Waals surface area contributed by atoms with Gasteiger partial charge in [0, 0.05) is 19.3 Å². The second-order valence-corrected chi connectivity index (χ2v) is 6.02. The van der Waals surface area contributed by atoms with E-state index in [4.69, 9.17) is 10.5 Å². The molecule has 120 valence electrons. The zero-order valence-electron chi connectivity index (χ0n) is 13.0. The highest BCUT2D eigenvalue weighted by Gasteiger charge is 2.38. The zero-order valence-corrected chi connectivity index (χ0v) is 13.0. The Kier molecular flexibility index (Phi) is 4.81. The van der Waals surface area contributed by atoms with Crippen LogP contribution in [0.15, 0.2) is 23.8 Å². The summed E-state index contributed by atoms with van der Waals surface area (Å²) in [6, 6.07) is 0. The first kappa shape index (κ1) is 16.4. The SMILES string of the molecule is CC(OC(=O)[C@@](C)(N)CC1=CCCC=C1)N1C(=O)CCC1=O. The van der Waals surface area contributed by atoms with Crippen LogP contribution in [0.1, 0.15) is 46.0 Å². The average molecular weight is 306 g/mol. The standard InChI is InChI=1S/C16H22N2O4/c1-11(18-13(19)8-9-14(18)20)22-15(21)16(2,17)10-12-6-4-3-5-7-12/h4,6-7,11H,3,5,8-10,17H2,1-2H3/t11?,16-/m0/s1. The van der Waals surface area contributed by atoms with E-state index in [0.29, 0.717) is 6.42 Å². The lowest BCUT2D eigenvalue weighted by Gasteiger charge is -2.28. The van der Waals surface area contributed by atoms with E-state index >= 15 is 0 Å². The van der Waals surface area contributed by atoms with E-state index in [1.54, 1.807) is 6.92 Å². The minimum Gasteiger partial charge on any atom is -0.440 e. The molecule has 1 fully saturated rings. The van der Waals surface area contributed by atoms with Gasteiger partial charge >= 0.3 is 5.97 Å². The molecule has 2 aliphatic rings. The molecule has 0 spiro atoms. The Morgan fingerprint density at radius 3 is 2.55 bits per heavy atom. The van der Waals surface area contributed by atoms with Crippen molar-refractivity contribution in [3.05, 3.63) is 23.8 Å². The molecule has 0 aromatic heterocycles.